The van der Waals surface area contributed by atoms with Gasteiger partial charge in [0.05, 0.1) is 6.04 Å². The Hall–Kier alpha value is -3.22. The molecule has 0 saturated heterocycles. The third-order valence-corrected chi connectivity index (χ3v) is 3.92. The molecule has 2 N–H and O–H groups in total. The number of imidazole rings is 1. The molecule has 0 aliphatic rings. The van der Waals surface area contributed by atoms with E-state index in [1.54, 1.807) is 18.3 Å². The summed E-state index contributed by atoms with van der Waals surface area (Å²) in [6, 6.07) is 9.73. The zero-order chi connectivity index (χ0) is 17.8. The number of hydrogen-bond donors (Lipinski definition) is 2. The number of nitrogens with one attached hydrogen (secondary N) is 2. The summed E-state index contributed by atoms with van der Waals surface area (Å²) in [6.07, 6.45) is 5.11. The van der Waals surface area contributed by atoms with E-state index in [0.717, 1.165) is 11.4 Å². The van der Waals surface area contributed by atoms with E-state index in [-0.39, 0.29) is 11.9 Å². The van der Waals surface area contributed by atoms with Gasteiger partial charge in [-0.1, -0.05) is 12.1 Å². The number of amides is 2. The van der Waals surface area contributed by atoms with E-state index in [1.807, 2.05) is 25.3 Å². The Morgan fingerprint density at radius 1 is 1.12 bits per heavy atom. The Bertz CT molecular complexity index is 875. The minimum absolute atomic E-state index is 0.110. The molecule has 0 aliphatic heterocycles. The maximum Gasteiger partial charge on any atom is 0.324 e. The third-order valence-electron chi connectivity index (χ3n) is 3.92. The number of hydrogen-bond acceptors (Lipinski definition) is 3. The van der Waals surface area contributed by atoms with Crippen LogP contribution < -0.4 is 10.6 Å². The normalized spacial score (nSPS) is 11.8. The zero-order valence-corrected chi connectivity index (χ0v) is 13.9. The zero-order valence-electron chi connectivity index (χ0n) is 13.9. The highest BCUT2D eigenvalue weighted by atomic mass is 19.1. The summed E-state index contributed by atoms with van der Waals surface area (Å²) in [5.41, 5.74) is 1.69. The molecule has 0 unspecified atom stereocenters. The first-order valence-electron chi connectivity index (χ1n) is 7.82. The first kappa shape index (κ1) is 16.6. The predicted octanol–water partition coefficient (Wildman–Crippen LogP) is 3.98. The average molecular weight is 339 g/mol. The van der Waals surface area contributed by atoms with E-state index < -0.39 is 11.8 Å². The van der Waals surface area contributed by atoms with Gasteiger partial charge in [-0.05, 0) is 43.7 Å². The fourth-order valence-electron chi connectivity index (χ4n) is 2.55. The molecule has 6 nitrogen and oxygen atoms in total. The van der Waals surface area contributed by atoms with Crippen molar-refractivity contribution >= 4 is 17.5 Å². The second kappa shape index (κ2) is 7.12. The monoisotopic (exact) mass is 339 g/mol. The summed E-state index contributed by atoms with van der Waals surface area (Å²) >= 11 is 0. The van der Waals surface area contributed by atoms with E-state index in [0.29, 0.717) is 5.69 Å². The van der Waals surface area contributed by atoms with Crippen LogP contribution in [0.2, 0.25) is 0 Å². The molecule has 0 radical (unpaired) electrons. The van der Waals surface area contributed by atoms with E-state index >= 15 is 0 Å². The van der Waals surface area contributed by atoms with Crippen molar-refractivity contribution in [2.45, 2.75) is 19.9 Å². The van der Waals surface area contributed by atoms with Crippen LogP contribution in [0.4, 0.5) is 20.7 Å². The van der Waals surface area contributed by atoms with Crippen LogP contribution in [0.3, 0.4) is 0 Å². The highest BCUT2D eigenvalue weighted by molar-refractivity contribution is 5.99. The van der Waals surface area contributed by atoms with Gasteiger partial charge in [-0.3, -0.25) is 5.32 Å². The number of anilines is 2. The van der Waals surface area contributed by atoms with Crippen LogP contribution in [-0.2, 0) is 0 Å². The highest BCUT2D eigenvalue weighted by Gasteiger charge is 2.11. The highest BCUT2D eigenvalue weighted by Crippen LogP contribution is 2.21. The number of pyridine rings is 1. The molecule has 7 heteroatoms. The molecule has 3 rings (SSSR count). The van der Waals surface area contributed by atoms with Crippen molar-refractivity contribution in [3.63, 3.8) is 0 Å². The number of nitrogens with zero attached hydrogens (tertiary/aromatic N) is 3. The van der Waals surface area contributed by atoms with Crippen LogP contribution in [0.15, 0.2) is 55.0 Å². The first-order chi connectivity index (χ1) is 12.0. The Balaban J connectivity index is 1.65. The molecule has 0 saturated carbocycles. The number of aryl methyl sites for hydroxylation is 1. The van der Waals surface area contributed by atoms with Crippen molar-refractivity contribution in [2.75, 3.05) is 10.6 Å². The Morgan fingerprint density at radius 2 is 1.88 bits per heavy atom. The molecular weight excluding hydrogens is 321 g/mol. The number of halogens is 1. The summed E-state index contributed by atoms with van der Waals surface area (Å²) in [5, 5.41) is 5.03. The maximum absolute atomic E-state index is 13.5. The Morgan fingerprint density at radius 3 is 2.52 bits per heavy atom. The summed E-state index contributed by atoms with van der Waals surface area (Å²) in [6.45, 7) is 4.03. The van der Waals surface area contributed by atoms with Gasteiger partial charge in [0.25, 0.3) is 0 Å². The summed E-state index contributed by atoms with van der Waals surface area (Å²) in [4.78, 5) is 19.9. The standard InChI is InChI=1S/C18H18FN5O/c1-12(24-11-10-20-13(24)2)14-5-7-15(8-6-14)22-18(25)23-17-16(19)4-3-9-21-17/h3-12H,1-2H3,(H2,21,22,23,25)/t12-/m0/s1. The third kappa shape index (κ3) is 3.82. The molecule has 0 fully saturated rings. The Kier molecular flexibility index (Phi) is 4.74. The van der Waals surface area contributed by atoms with Gasteiger partial charge in [-0.15, -0.1) is 0 Å². The van der Waals surface area contributed by atoms with Crippen molar-refractivity contribution in [2.24, 2.45) is 0 Å². The van der Waals surface area contributed by atoms with Gasteiger partial charge < -0.3 is 9.88 Å². The van der Waals surface area contributed by atoms with E-state index in [9.17, 15) is 9.18 Å². The molecule has 2 aromatic heterocycles. The van der Waals surface area contributed by atoms with Crippen LogP contribution in [0.1, 0.15) is 24.4 Å². The van der Waals surface area contributed by atoms with Gasteiger partial charge in [0.2, 0.25) is 0 Å². The van der Waals surface area contributed by atoms with Gasteiger partial charge in [-0.2, -0.15) is 0 Å². The number of carbonyl (C=O) groups excluding carboxylic acids is 1. The number of aromatic nitrogens is 3. The minimum Gasteiger partial charge on any atom is -0.328 e. The number of carbonyl (C=O) groups is 1. The van der Waals surface area contributed by atoms with Crippen LogP contribution in [0.25, 0.3) is 0 Å². The average Bonchev–Trinajstić information content (AvgIpc) is 3.03. The van der Waals surface area contributed by atoms with Crippen LogP contribution in [-0.4, -0.2) is 20.6 Å². The molecule has 1 atom stereocenters. The molecule has 2 heterocycles. The van der Waals surface area contributed by atoms with Gasteiger partial charge in [0.15, 0.2) is 11.6 Å². The molecule has 2 amide bonds. The second-order valence-corrected chi connectivity index (χ2v) is 5.59. The van der Waals surface area contributed by atoms with Crippen molar-refractivity contribution in [3.8, 4) is 0 Å². The van der Waals surface area contributed by atoms with Crippen LogP contribution in [0, 0.1) is 12.7 Å². The second-order valence-electron chi connectivity index (χ2n) is 5.59. The molecule has 3 aromatic rings. The van der Waals surface area contributed by atoms with Gasteiger partial charge in [0.1, 0.15) is 5.82 Å². The lowest BCUT2D eigenvalue weighted by atomic mass is 10.1. The number of urea groups is 1. The number of benzene rings is 1. The van der Waals surface area contributed by atoms with E-state index in [2.05, 4.69) is 32.1 Å². The van der Waals surface area contributed by atoms with E-state index in [4.69, 9.17) is 0 Å². The van der Waals surface area contributed by atoms with Gasteiger partial charge >= 0.3 is 6.03 Å². The predicted molar refractivity (Wildman–Crippen MR) is 94.1 cm³/mol. The van der Waals surface area contributed by atoms with Crippen molar-refractivity contribution in [1.29, 1.82) is 0 Å². The fraction of sp³-hybridized carbons (Fsp3) is 0.167. The topological polar surface area (TPSA) is 71.8 Å². The lowest BCUT2D eigenvalue weighted by molar-refractivity contribution is 0.262. The largest absolute Gasteiger partial charge is 0.328 e. The quantitative estimate of drug-likeness (QED) is 0.755. The first-order valence-corrected chi connectivity index (χ1v) is 7.82. The summed E-state index contributed by atoms with van der Waals surface area (Å²) in [5.74, 6) is 0.241. The Labute approximate surface area is 144 Å². The van der Waals surface area contributed by atoms with Crippen molar-refractivity contribution in [1.82, 2.24) is 14.5 Å². The molecular formula is C18H18FN5O. The molecule has 25 heavy (non-hydrogen) atoms. The van der Waals surface area contributed by atoms with Crippen molar-refractivity contribution < 1.29 is 9.18 Å². The summed E-state index contributed by atoms with van der Waals surface area (Å²) in [7, 11) is 0. The van der Waals surface area contributed by atoms with Crippen LogP contribution in [0.5, 0.6) is 0 Å². The smallest absolute Gasteiger partial charge is 0.324 e. The molecule has 0 aliphatic carbocycles. The molecule has 128 valence electrons. The fourth-order valence-corrected chi connectivity index (χ4v) is 2.55. The van der Waals surface area contributed by atoms with Gasteiger partial charge in [0, 0.05) is 24.3 Å². The molecule has 0 bridgehead atoms. The number of rotatable bonds is 4. The maximum atomic E-state index is 13.5. The molecule has 1 aromatic carbocycles. The molecule has 0 spiro atoms. The summed E-state index contributed by atoms with van der Waals surface area (Å²) < 4.78 is 15.6. The minimum atomic E-state index is -0.586. The lowest BCUT2D eigenvalue weighted by Gasteiger charge is -2.16. The van der Waals surface area contributed by atoms with E-state index in [1.165, 1.54) is 18.3 Å². The van der Waals surface area contributed by atoms with Gasteiger partial charge in [-0.25, -0.2) is 19.2 Å². The SMILES string of the molecule is Cc1nccn1[C@@H](C)c1ccc(NC(=O)Nc2ncccc2F)cc1. The van der Waals surface area contributed by atoms with Crippen LogP contribution >= 0.6 is 0 Å². The lowest BCUT2D eigenvalue weighted by Crippen LogP contribution is -2.20. The van der Waals surface area contributed by atoms with Crippen molar-refractivity contribution in [3.05, 3.63) is 72.2 Å².